The Labute approximate surface area is 69.6 Å². The van der Waals surface area contributed by atoms with E-state index in [1.165, 1.54) is 0 Å². The van der Waals surface area contributed by atoms with Gasteiger partial charge in [0, 0.05) is 19.5 Å². The maximum Gasteiger partial charge on any atom is 0.219 e. The number of rotatable bonds is 3. The number of amides is 1. The maximum atomic E-state index is 11.0. The molecular formula is C9H19NO. The number of hydrogen-bond donors (Lipinski definition) is 0. The lowest BCUT2D eigenvalue weighted by atomic mass is 9.97. The third kappa shape index (κ3) is 2.91. The highest BCUT2D eigenvalue weighted by molar-refractivity contribution is 5.73. The topological polar surface area (TPSA) is 20.3 Å². The molecule has 0 aliphatic heterocycles. The molecular weight excluding hydrogens is 138 g/mol. The molecule has 1 amide bonds. The largest absolute Gasteiger partial charge is 0.341 e. The van der Waals surface area contributed by atoms with E-state index in [4.69, 9.17) is 0 Å². The van der Waals surface area contributed by atoms with Gasteiger partial charge < -0.3 is 4.90 Å². The molecule has 0 saturated heterocycles. The summed E-state index contributed by atoms with van der Waals surface area (Å²) >= 11 is 0. The van der Waals surface area contributed by atoms with E-state index in [1.54, 1.807) is 11.8 Å². The van der Waals surface area contributed by atoms with E-state index in [-0.39, 0.29) is 11.4 Å². The molecule has 0 aliphatic carbocycles. The highest BCUT2D eigenvalue weighted by Gasteiger charge is 2.23. The van der Waals surface area contributed by atoms with Crippen LogP contribution in [0, 0.1) is 0 Å². The Bertz CT molecular complexity index is 140. The summed E-state index contributed by atoms with van der Waals surface area (Å²) in [7, 11) is 1.86. The predicted octanol–water partition coefficient (Wildman–Crippen LogP) is 2.04. The lowest BCUT2D eigenvalue weighted by Gasteiger charge is -2.34. The van der Waals surface area contributed by atoms with Crippen LogP contribution in [0.2, 0.25) is 0 Å². The van der Waals surface area contributed by atoms with Crippen molar-refractivity contribution in [3.05, 3.63) is 0 Å². The molecule has 0 rings (SSSR count). The summed E-state index contributed by atoms with van der Waals surface area (Å²) in [5.41, 5.74) is 0.0145. The molecule has 0 bridgehead atoms. The van der Waals surface area contributed by atoms with Gasteiger partial charge >= 0.3 is 0 Å². The fraction of sp³-hybridized carbons (Fsp3) is 0.889. The average molecular weight is 157 g/mol. The van der Waals surface area contributed by atoms with Crippen LogP contribution >= 0.6 is 0 Å². The van der Waals surface area contributed by atoms with E-state index in [2.05, 4.69) is 20.8 Å². The van der Waals surface area contributed by atoms with Crippen molar-refractivity contribution < 1.29 is 4.79 Å². The normalized spacial score (nSPS) is 11.4. The van der Waals surface area contributed by atoms with Crippen molar-refractivity contribution in [3.63, 3.8) is 0 Å². The van der Waals surface area contributed by atoms with Crippen LogP contribution in [0.1, 0.15) is 40.5 Å². The zero-order valence-corrected chi connectivity index (χ0v) is 8.27. The molecule has 0 radical (unpaired) electrons. The van der Waals surface area contributed by atoms with Crippen LogP contribution in [-0.2, 0) is 4.79 Å². The third-order valence-corrected chi connectivity index (χ3v) is 2.24. The Hall–Kier alpha value is -0.530. The summed E-state index contributed by atoms with van der Waals surface area (Å²) in [6.07, 6.45) is 2.17. The molecule has 0 aromatic rings. The predicted molar refractivity (Wildman–Crippen MR) is 47.4 cm³/mol. The Balaban J connectivity index is 4.16. The van der Waals surface area contributed by atoms with Gasteiger partial charge in [-0.05, 0) is 20.3 Å². The molecule has 2 heteroatoms. The van der Waals surface area contributed by atoms with Crippen molar-refractivity contribution in [1.82, 2.24) is 4.90 Å². The molecule has 2 nitrogen and oxygen atoms in total. The van der Waals surface area contributed by atoms with E-state index in [1.807, 2.05) is 7.05 Å². The smallest absolute Gasteiger partial charge is 0.219 e. The molecule has 0 spiro atoms. The summed E-state index contributed by atoms with van der Waals surface area (Å²) < 4.78 is 0. The average Bonchev–Trinajstić information content (AvgIpc) is 1.86. The molecule has 0 aliphatic rings. The van der Waals surface area contributed by atoms with Gasteiger partial charge in [0.05, 0.1) is 0 Å². The van der Waals surface area contributed by atoms with Gasteiger partial charge in [0.15, 0.2) is 0 Å². The summed E-state index contributed by atoms with van der Waals surface area (Å²) in [6, 6.07) is 0. The Morgan fingerprint density at radius 3 is 2.18 bits per heavy atom. The van der Waals surface area contributed by atoms with E-state index in [0.29, 0.717) is 0 Å². The number of nitrogens with zero attached hydrogens (tertiary/aromatic N) is 1. The molecule has 0 aromatic carbocycles. The molecule has 0 aromatic heterocycles. The molecule has 0 unspecified atom stereocenters. The van der Waals surface area contributed by atoms with Crippen molar-refractivity contribution in [2.45, 2.75) is 46.1 Å². The fourth-order valence-electron chi connectivity index (χ4n) is 1.21. The fourth-order valence-corrected chi connectivity index (χ4v) is 1.21. The second-order valence-corrected chi connectivity index (χ2v) is 3.64. The van der Waals surface area contributed by atoms with Gasteiger partial charge in [-0.3, -0.25) is 4.79 Å². The van der Waals surface area contributed by atoms with Crippen LogP contribution in [0.15, 0.2) is 0 Å². The van der Waals surface area contributed by atoms with E-state index < -0.39 is 0 Å². The number of carbonyl (C=O) groups is 1. The van der Waals surface area contributed by atoms with Gasteiger partial charge in [-0.15, -0.1) is 0 Å². The quantitative estimate of drug-likeness (QED) is 0.614. The molecule has 0 fully saturated rings. The zero-order chi connectivity index (χ0) is 9.07. The molecule has 0 atom stereocenters. The standard InChI is InChI=1S/C9H19NO/c1-6-7-9(3,4)10(5)8(2)11/h6-7H2,1-5H3. The summed E-state index contributed by atoms with van der Waals surface area (Å²) in [6.45, 7) is 7.93. The van der Waals surface area contributed by atoms with Gasteiger partial charge in [-0.1, -0.05) is 13.3 Å². The highest BCUT2D eigenvalue weighted by atomic mass is 16.2. The molecule has 0 saturated carbocycles. The number of hydrogen-bond acceptors (Lipinski definition) is 1. The SMILES string of the molecule is CCCC(C)(C)N(C)C(C)=O. The van der Waals surface area contributed by atoms with Crippen LogP contribution < -0.4 is 0 Å². The van der Waals surface area contributed by atoms with Crippen molar-refractivity contribution in [1.29, 1.82) is 0 Å². The van der Waals surface area contributed by atoms with Crippen LogP contribution in [0.3, 0.4) is 0 Å². The monoisotopic (exact) mass is 157 g/mol. The van der Waals surface area contributed by atoms with Gasteiger partial charge in [0.1, 0.15) is 0 Å². The minimum absolute atomic E-state index is 0.0145. The highest BCUT2D eigenvalue weighted by Crippen LogP contribution is 2.18. The zero-order valence-electron chi connectivity index (χ0n) is 8.27. The molecule has 66 valence electrons. The first-order valence-corrected chi connectivity index (χ1v) is 4.16. The van der Waals surface area contributed by atoms with Crippen LogP contribution in [-0.4, -0.2) is 23.4 Å². The van der Waals surface area contributed by atoms with E-state index >= 15 is 0 Å². The Kier molecular flexibility index (Phi) is 3.56. The van der Waals surface area contributed by atoms with Gasteiger partial charge in [-0.25, -0.2) is 0 Å². The van der Waals surface area contributed by atoms with Gasteiger partial charge in [-0.2, -0.15) is 0 Å². The van der Waals surface area contributed by atoms with Crippen LogP contribution in [0.5, 0.6) is 0 Å². The first-order valence-electron chi connectivity index (χ1n) is 4.16. The van der Waals surface area contributed by atoms with Crippen molar-refractivity contribution in [3.8, 4) is 0 Å². The second-order valence-electron chi connectivity index (χ2n) is 3.64. The third-order valence-electron chi connectivity index (χ3n) is 2.24. The second kappa shape index (κ2) is 3.74. The summed E-state index contributed by atoms with van der Waals surface area (Å²) in [5.74, 6) is 0.142. The lowest BCUT2D eigenvalue weighted by molar-refractivity contribution is -0.132. The first-order chi connectivity index (χ1) is 4.91. The minimum Gasteiger partial charge on any atom is -0.341 e. The van der Waals surface area contributed by atoms with E-state index in [0.717, 1.165) is 12.8 Å². The van der Waals surface area contributed by atoms with Gasteiger partial charge in [0.25, 0.3) is 0 Å². The molecule has 0 N–H and O–H groups in total. The lowest BCUT2D eigenvalue weighted by Crippen LogP contribution is -2.43. The van der Waals surface area contributed by atoms with Crippen molar-refractivity contribution in [2.24, 2.45) is 0 Å². The van der Waals surface area contributed by atoms with Crippen LogP contribution in [0.4, 0.5) is 0 Å². The Morgan fingerprint density at radius 2 is 1.91 bits per heavy atom. The molecule has 0 heterocycles. The van der Waals surface area contributed by atoms with E-state index in [9.17, 15) is 4.79 Å². The van der Waals surface area contributed by atoms with Crippen LogP contribution in [0.25, 0.3) is 0 Å². The maximum absolute atomic E-state index is 11.0. The van der Waals surface area contributed by atoms with Crippen molar-refractivity contribution >= 4 is 5.91 Å². The molecule has 11 heavy (non-hydrogen) atoms. The number of carbonyl (C=O) groups excluding carboxylic acids is 1. The first kappa shape index (κ1) is 10.5. The van der Waals surface area contributed by atoms with Gasteiger partial charge in [0.2, 0.25) is 5.91 Å². The Morgan fingerprint density at radius 1 is 1.45 bits per heavy atom. The van der Waals surface area contributed by atoms with Crippen molar-refractivity contribution in [2.75, 3.05) is 7.05 Å². The summed E-state index contributed by atoms with van der Waals surface area (Å²) in [4.78, 5) is 12.8. The minimum atomic E-state index is 0.0145. The summed E-state index contributed by atoms with van der Waals surface area (Å²) in [5, 5.41) is 0.